The van der Waals surface area contributed by atoms with E-state index in [1.54, 1.807) is 0 Å². The number of fused-ring (bicyclic) bond motifs is 3. The summed E-state index contributed by atoms with van der Waals surface area (Å²) >= 11 is 0. The van der Waals surface area contributed by atoms with Crippen molar-refractivity contribution >= 4 is 21.8 Å². The van der Waals surface area contributed by atoms with Crippen LogP contribution in [0.2, 0.25) is 0 Å². The highest BCUT2D eigenvalue weighted by Gasteiger charge is 2.16. The van der Waals surface area contributed by atoms with Crippen LogP contribution in [-0.4, -0.2) is 4.57 Å². The average molecular weight is 410 g/mol. The van der Waals surface area contributed by atoms with E-state index in [9.17, 15) is 0 Å². The van der Waals surface area contributed by atoms with E-state index in [-0.39, 0.29) is 0 Å². The van der Waals surface area contributed by atoms with Crippen LogP contribution in [-0.2, 0) is 0 Å². The zero-order valence-corrected chi connectivity index (χ0v) is 18.0. The second-order valence-electron chi connectivity index (χ2n) is 8.28. The van der Waals surface area contributed by atoms with Gasteiger partial charge in [-0.25, -0.2) is 0 Å². The van der Waals surface area contributed by atoms with Crippen LogP contribution in [0.15, 0.2) is 121 Å². The van der Waals surface area contributed by atoms with Crippen LogP contribution >= 0.6 is 0 Å². The topological polar surface area (TPSA) is 4.93 Å². The summed E-state index contributed by atoms with van der Waals surface area (Å²) in [6, 6.07) is 43.5. The minimum atomic E-state index is 1.18. The fourth-order valence-corrected chi connectivity index (χ4v) is 4.82. The maximum atomic E-state index is 2.40. The first kappa shape index (κ1) is 18.7. The molecule has 6 aromatic rings. The van der Waals surface area contributed by atoms with Crippen molar-refractivity contribution in [3.8, 4) is 27.9 Å². The summed E-state index contributed by atoms with van der Waals surface area (Å²) in [5.74, 6) is 0. The van der Waals surface area contributed by atoms with E-state index in [1.165, 1.54) is 55.3 Å². The van der Waals surface area contributed by atoms with E-state index >= 15 is 0 Å². The molecule has 0 atom stereocenters. The van der Waals surface area contributed by atoms with Crippen molar-refractivity contribution in [1.82, 2.24) is 4.57 Å². The van der Waals surface area contributed by atoms with Crippen molar-refractivity contribution in [2.24, 2.45) is 0 Å². The van der Waals surface area contributed by atoms with Crippen LogP contribution in [0.1, 0.15) is 5.56 Å². The molecule has 0 aliphatic carbocycles. The molecule has 1 aromatic heterocycles. The number of aryl methyl sites for hydroxylation is 1. The van der Waals surface area contributed by atoms with E-state index in [0.29, 0.717) is 0 Å². The Morgan fingerprint density at radius 2 is 1.06 bits per heavy atom. The second kappa shape index (κ2) is 7.55. The number of para-hydroxylation sites is 3. The van der Waals surface area contributed by atoms with Crippen LogP contribution < -0.4 is 0 Å². The fourth-order valence-electron chi connectivity index (χ4n) is 4.82. The maximum absolute atomic E-state index is 2.40. The van der Waals surface area contributed by atoms with E-state index in [2.05, 4.69) is 133 Å². The second-order valence-corrected chi connectivity index (χ2v) is 8.28. The minimum absolute atomic E-state index is 1.18. The van der Waals surface area contributed by atoms with Crippen molar-refractivity contribution in [1.29, 1.82) is 0 Å². The molecular weight excluding hydrogens is 386 g/mol. The van der Waals surface area contributed by atoms with Gasteiger partial charge in [-0.3, -0.25) is 0 Å². The van der Waals surface area contributed by atoms with Gasteiger partial charge in [0.2, 0.25) is 0 Å². The summed E-state index contributed by atoms with van der Waals surface area (Å²) < 4.78 is 2.40. The van der Waals surface area contributed by atoms with Gasteiger partial charge in [0.25, 0.3) is 0 Å². The zero-order chi connectivity index (χ0) is 21.5. The van der Waals surface area contributed by atoms with Gasteiger partial charge in [0.05, 0.1) is 11.0 Å². The van der Waals surface area contributed by atoms with E-state index < -0.39 is 0 Å². The number of hydrogen-bond donors (Lipinski definition) is 0. The predicted octanol–water partition coefficient (Wildman–Crippen LogP) is 8.43. The Balaban J connectivity index is 1.60. The number of nitrogens with zero attached hydrogens (tertiary/aromatic N) is 1. The lowest BCUT2D eigenvalue weighted by Crippen LogP contribution is -1.95. The number of hydrogen-bond acceptors (Lipinski definition) is 0. The summed E-state index contributed by atoms with van der Waals surface area (Å²) in [4.78, 5) is 0. The SMILES string of the molecule is Cc1ccccc1-c1ccc(-c2cccc3c4ccccc4n(-c4ccccc4)c23)cc1. The summed E-state index contributed by atoms with van der Waals surface area (Å²) in [6.45, 7) is 2.17. The summed E-state index contributed by atoms with van der Waals surface area (Å²) in [7, 11) is 0. The minimum Gasteiger partial charge on any atom is -0.309 e. The first-order chi connectivity index (χ1) is 15.8. The van der Waals surface area contributed by atoms with Crippen LogP contribution in [0.4, 0.5) is 0 Å². The normalized spacial score (nSPS) is 11.3. The van der Waals surface area contributed by atoms with Crippen molar-refractivity contribution in [2.45, 2.75) is 6.92 Å². The molecule has 0 amide bonds. The molecule has 0 spiro atoms. The lowest BCUT2D eigenvalue weighted by Gasteiger charge is -2.12. The third-order valence-electron chi connectivity index (χ3n) is 6.36. The monoisotopic (exact) mass is 409 g/mol. The van der Waals surface area contributed by atoms with Gasteiger partial charge < -0.3 is 4.57 Å². The van der Waals surface area contributed by atoms with Crippen molar-refractivity contribution in [3.05, 3.63) is 127 Å². The molecule has 0 aliphatic heterocycles. The molecule has 1 nitrogen and oxygen atoms in total. The smallest absolute Gasteiger partial charge is 0.0619 e. The van der Waals surface area contributed by atoms with E-state index in [1.807, 2.05) is 0 Å². The molecule has 0 fully saturated rings. The van der Waals surface area contributed by atoms with E-state index in [4.69, 9.17) is 0 Å². The molecule has 0 aliphatic rings. The van der Waals surface area contributed by atoms with Gasteiger partial charge >= 0.3 is 0 Å². The van der Waals surface area contributed by atoms with Gasteiger partial charge in [-0.05, 0) is 47.4 Å². The van der Waals surface area contributed by atoms with Crippen LogP contribution in [0.5, 0.6) is 0 Å². The Bertz CT molecular complexity index is 1550. The standard InChI is InChI=1S/C31H23N/c1-22-10-5-6-13-26(22)23-18-20-24(21-19-23)27-15-9-16-29-28-14-7-8-17-30(28)32(31(27)29)25-11-3-2-4-12-25/h2-21H,1H3. The summed E-state index contributed by atoms with van der Waals surface area (Å²) in [6.07, 6.45) is 0. The molecule has 0 bridgehead atoms. The van der Waals surface area contributed by atoms with Crippen LogP contribution in [0, 0.1) is 6.92 Å². The molecule has 0 radical (unpaired) electrons. The zero-order valence-electron chi connectivity index (χ0n) is 18.0. The van der Waals surface area contributed by atoms with Gasteiger partial charge in [-0.1, -0.05) is 103 Å². The third-order valence-corrected chi connectivity index (χ3v) is 6.36. The van der Waals surface area contributed by atoms with Crippen molar-refractivity contribution < 1.29 is 0 Å². The van der Waals surface area contributed by atoms with Gasteiger partial charge in [0.1, 0.15) is 0 Å². The van der Waals surface area contributed by atoms with Crippen molar-refractivity contribution in [3.63, 3.8) is 0 Å². The summed E-state index contributed by atoms with van der Waals surface area (Å²) in [5.41, 5.74) is 9.99. The molecule has 0 saturated heterocycles. The number of aromatic nitrogens is 1. The lowest BCUT2D eigenvalue weighted by molar-refractivity contribution is 1.18. The molecule has 32 heavy (non-hydrogen) atoms. The number of benzene rings is 5. The molecule has 0 N–H and O–H groups in total. The Hall–Kier alpha value is -4.10. The van der Waals surface area contributed by atoms with Gasteiger partial charge in [0, 0.05) is 22.0 Å². The lowest BCUT2D eigenvalue weighted by atomic mass is 9.96. The predicted molar refractivity (Wildman–Crippen MR) is 136 cm³/mol. The Morgan fingerprint density at radius 3 is 1.84 bits per heavy atom. The van der Waals surface area contributed by atoms with E-state index in [0.717, 1.165) is 0 Å². The largest absolute Gasteiger partial charge is 0.309 e. The van der Waals surface area contributed by atoms with Crippen molar-refractivity contribution in [2.75, 3.05) is 0 Å². The fraction of sp³-hybridized carbons (Fsp3) is 0.0323. The van der Waals surface area contributed by atoms with Crippen LogP contribution in [0.25, 0.3) is 49.7 Å². The van der Waals surface area contributed by atoms with Gasteiger partial charge in [0.15, 0.2) is 0 Å². The molecular formula is C31H23N. The van der Waals surface area contributed by atoms with Crippen LogP contribution in [0.3, 0.4) is 0 Å². The first-order valence-corrected chi connectivity index (χ1v) is 11.1. The van der Waals surface area contributed by atoms with Gasteiger partial charge in [-0.2, -0.15) is 0 Å². The highest BCUT2D eigenvalue weighted by atomic mass is 15.0. The molecule has 1 heterocycles. The molecule has 0 unspecified atom stereocenters. The Morgan fingerprint density at radius 1 is 0.469 bits per heavy atom. The molecule has 1 heteroatoms. The third kappa shape index (κ3) is 2.94. The quantitative estimate of drug-likeness (QED) is 0.276. The average Bonchev–Trinajstić information content (AvgIpc) is 3.20. The highest BCUT2D eigenvalue weighted by molar-refractivity contribution is 6.13. The number of rotatable bonds is 3. The molecule has 6 rings (SSSR count). The molecule has 5 aromatic carbocycles. The highest BCUT2D eigenvalue weighted by Crippen LogP contribution is 2.38. The Kier molecular flexibility index (Phi) is 4.40. The summed E-state index contributed by atoms with van der Waals surface area (Å²) in [5, 5.41) is 2.56. The maximum Gasteiger partial charge on any atom is 0.0619 e. The molecule has 0 saturated carbocycles. The van der Waals surface area contributed by atoms with Gasteiger partial charge in [-0.15, -0.1) is 0 Å². The Labute approximate surface area is 188 Å². The molecule has 152 valence electrons. The first-order valence-electron chi connectivity index (χ1n) is 11.1.